The zero-order valence-corrected chi connectivity index (χ0v) is 14.7. The van der Waals surface area contributed by atoms with Gasteiger partial charge in [0.15, 0.2) is 18.4 Å². The zero-order chi connectivity index (χ0) is 18.0. The van der Waals surface area contributed by atoms with Crippen LogP contribution < -0.4 is 0 Å². The van der Waals surface area contributed by atoms with Gasteiger partial charge in [0.25, 0.3) is 0 Å². The van der Waals surface area contributed by atoms with Gasteiger partial charge in [0.05, 0.1) is 17.6 Å². The smallest absolute Gasteiger partial charge is 0.194 e. The molecule has 0 amide bonds. The maximum atomic E-state index is 13.2. The topological polar surface area (TPSA) is 61.8 Å². The van der Waals surface area contributed by atoms with Gasteiger partial charge in [-0.05, 0) is 25.5 Å². The van der Waals surface area contributed by atoms with Crippen LogP contribution in [0, 0.1) is 12.8 Å². The summed E-state index contributed by atoms with van der Waals surface area (Å²) in [6, 6.07) is 5.32. The van der Waals surface area contributed by atoms with E-state index in [1.54, 1.807) is 24.3 Å². The summed E-state index contributed by atoms with van der Waals surface area (Å²) in [5, 5.41) is 0. The molecular formula is C20H22O5. The molecule has 1 aromatic carbocycles. The van der Waals surface area contributed by atoms with Crippen LogP contribution >= 0.6 is 0 Å². The number of rotatable bonds is 6. The van der Waals surface area contributed by atoms with Crippen molar-refractivity contribution in [3.63, 3.8) is 0 Å². The predicted molar refractivity (Wildman–Crippen MR) is 92.5 cm³/mol. The van der Waals surface area contributed by atoms with Crippen LogP contribution in [0.5, 0.6) is 0 Å². The first-order valence-electron chi connectivity index (χ1n) is 8.43. The number of fused-ring (bicyclic) bond motifs is 2. The minimum atomic E-state index is -0.676. The van der Waals surface area contributed by atoms with Crippen molar-refractivity contribution in [3.05, 3.63) is 58.4 Å². The second kappa shape index (κ2) is 7.33. The van der Waals surface area contributed by atoms with Crippen LogP contribution in [0.25, 0.3) is 0 Å². The lowest BCUT2D eigenvalue weighted by molar-refractivity contribution is 0.00313. The van der Waals surface area contributed by atoms with Crippen molar-refractivity contribution in [1.82, 2.24) is 0 Å². The van der Waals surface area contributed by atoms with Crippen molar-refractivity contribution in [3.8, 4) is 0 Å². The van der Waals surface area contributed by atoms with E-state index in [0.29, 0.717) is 29.1 Å². The monoisotopic (exact) mass is 342 g/mol. The Kier molecular flexibility index (Phi) is 5.16. The maximum absolute atomic E-state index is 13.2. The van der Waals surface area contributed by atoms with Gasteiger partial charge in [0.2, 0.25) is 0 Å². The number of carbonyl (C=O) groups is 2. The molecular weight excluding hydrogens is 320 g/mol. The number of benzene rings is 1. The van der Waals surface area contributed by atoms with E-state index in [1.807, 2.05) is 19.9 Å². The van der Waals surface area contributed by atoms with Crippen molar-refractivity contribution < 1.29 is 23.8 Å². The van der Waals surface area contributed by atoms with Crippen molar-refractivity contribution in [1.29, 1.82) is 0 Å². The molecule has 2 unspecified atom stereocenters. The Balaban J connectivity index is 2.10. The number of hydrogen-bond acceptors (Lipinski definition) is 5. The third-order valence-electron chi connectivity index (χ3n) is 4.40. The number of Topliss-reactive ketones (excluding diaryl/α,β-unsaturated/α-hetero) is 2. The molecule has 0 heterocycles. The molecule has 0 spiro atoms. The average Bonchev–Trinajstić information content (AvgIpc) is 2.62. The molecule has 0 N–H and O–H groups in total. The number of aryl methyl sites for hydroxylation is 1. The van der Waals surface area contributed by atoms with Gasteiger partial charge in [-0.2, -0.15) is 0 Å². The molecule has 25 heavy (non-hydrogen) atoms. The van der Waals surface area contributed by atoms with E-state index in [-0.39, 0.29) is 18.4 Å². The fourth-order valence-electron chi connectivity index (χ4n) is 3.26. The summed E-state index contributed by atoms with van der Waals surface area (Å²) in [7, 11) is 1.51. The second-order valence-corrected chi connectivity index (χ2v) is 6.24. The van der Waals surface area contributed by atoms with E-state index < -0.39 is 12.0 Å². The SMILES string of the molecule is CCCOC1C=CC(OCOC)=C2C(=O)c3ccc(C)cc3C(=O)C21. The van der Waals surface area contributed by atoms with E-state index in [1.165, 1.54) is 7.11 Å². The van der Waals surface area contributed by atoms with Crippen LogP contribution in [0.2, 0.25) is 0 Å². The maximum Gasteiger partial charge on any atom is 0.194 e. The lowest BCUT2D eigenvalue weighted by Gasteiger charge is -2.33. The first-order valence-corrected chi connectivity index (χ1v) is 8.43. The lowest BCUT2D eigenvalue weighted by Crippen LogP contribution is -2.41. The van der Waals surface area contributed by atoms with Crippen LogP contribution in [-0.4, -0.2) is 38.2 Å². The fraction of sp³-hybridized carbons (Fsp3) is 0.400. The molecule has 2 atom stereocenters. The highest BCUT2D eigenvalue weighted by Crippen LogP contribution is 2.38. The van der Waals surface area contributed by atoms with Crippen molar-refractivity contribution in [2.45, 2.75) is 26.4 Å². The molecule has 5 heteroatoms. The first-order chi connectivity index (χ1) is 12.1. The van der Waals surface area contributed by atoms with Gasteiger partial charge in [-0.25, -0.2) is 0 Å². The van der Waals surface area contributed by atoms with Gasteiger partial charge < -0.3 is 14.2 Å². The normalized spacial score (nSPS) is 22.0. The van der Waals surface area contributed by atoms with Gasteiger partial charge in [-0.1, -0.05) is 30.7 Å². The molecule has 2 aliphatic carbocycles. The molecule has 0 saturated heterocycles. The molecule has 0 saturated carbocycles. The van der Waals surface area contributed by atoms with E-state index in [0.717, 1.165) is 12.0 Å². The van der Waals surface area contributed by atoms with Crippen LogP contribution in [0.1, 0.15) is 39.6 Å². The van der Waals surface area contributed by atoms with Gasteiger partial charge in [0, 0.05) is 24.8 Å². The molecule has 5 nitrogen and oxygen atoms in total. The van der Waals surface area contributed by atoms with Crippen LogP contribution in [-0.2, 0) is 14.2 Å². The highest BCUT2D eigenvalue weighted by molar-refractivity contribution is 6.24. The number of methoxy groups -OCH3 is 1. The van der Waals surface area contributed by atoms with Crippen molar-refractivity contribution in [2.75, 3.05) is 20.5 Å². The van der Waals surface area contributed by atoms with Crippen LogP contribution in [0.4, 0.5) is 0 Å². The Morgan fingerprint density at radius 3 is 2.68 bits per heavy atom. The predicted octanol–water partition coefficient (Wildman–Crippen LogP) is 3.23. The minimum absolute atomic E-state index is 0.0125. The third-order valence-corrected chi connectivity index (χ3v) is 4.40. The Hall–Kier alpha value is -2.24. The Labute approximate surface area is 147 Å². The highest BCUT2D eigenvalue weighted by atomic mass is 16.7. The zero-order valence-electron chi connectivity index (χ0n) is 14.7. The second-order valence-electron chi connectivity index (χ2n) is 6.24. The van der Waals surface area contributed by atoms with Crippen LogP contribution in [0.3, 0.4) is 0 Å². The molecule has 2 aliphatic rings. The Bertz CT molecular complexity index is 759. The van der Waals surface area contributed by atoms with E-state index >= 15 is 0 Å². The highest BCUT2D eigenvalue weighted by Gasteiger charge is 2.45. The third kappa shape index (κ3) is 3.17. The summed E-state index contributed by atoms with van der Waals surface area (Å²) in [4.78, 5) is 26.2. The molecule has 0 fully saturated rings. The molecule has 1 aromatic rings. The van der Waals surface area contributed by atoms with E-state index in [9.17, 15) is 9.59 Å². The number of hydrogen-bond donors (Lipinski definition) is 0. The summed E-state index contributed by atoms with van der Waals surface area (Å²) in [6.07, 6.45) is 3.87. The molecule has 0 aromatic heterocycles. The fourth-order valence-corrected chi connectivity index (χ4v) is 3.26. The standard InChI is InChI=1S/C20H22O5/c1-4-9-24-15-7-8-16(25-11-23-3)18-17(15)20(22)14-10-12(2)5-6-13(14)19(18)21/h5-8,10,15,17H,4,9,11H2,1-3H3. The number of allylic oxidation sites excluding steroid dienone is 1. The molecule has 3 rings (SSSR count). The largest absolute Gasteiger partial charge is 0.467 e. The lowest BCUT2D eigenvalue weighted by atomic mass is 9.72. The Morgan fingerprint density at radius 2 is 1.96 bits per heavy atom. The molecule has 0 bridgehead atoms. The van der Waals surface area contributed by atoms with Gasteiger partial charge in [-0.15, -0.1) is 0 Å². The first kappa shape index (κ1) is 17.6. The van der Waals surface area contributed by atoms with Crippen LogP contribution in [0.15, 0.2) is 41.7 Å². The summed E-state index contributed by atoms with van der Waals surface area (Å²) >= 11 is 0. The van der Waals surface area contributed by atoms with E-state index in [2.05, 4.69) is 0 Å². The van der Waals surface area contributed by atoms with Crippen molar-refractivity contribution >= 4 is 11.6 Å². The Morgan fingerprint density at radius 1 is 1.16 bits per heavy atom. The number of carbonyl (C=O) groups excluding carboxylic acids is 2. The summed E-state index contributed by atoms with van der Waals surface area (Å²) < 4.78 is 16.3. The summed E-state index contributed by atoms with van der Waals surface area (Å²) in [5.41, 5.74) is 2.19. The van der Waals surface area contributed by atoms with Gasteiger partial charge in [-0.3, -0.25) is 9.59 Å². The van der Waals surface area contributed by atoms with Gasteiger partial charge >= 0.3 is 0 Å². The number of ether oxygens (including phenoxy) is 3. The van der Waals surface area contributed by atoms with Gasteiger partial charge in [0.1, 0.15) is 5.76 Å². The quantitative estimate of drug-likeness (QED) is 0.743. The molecule has 0 radical (unpaired) electrons. The number of ketones is 2. The molecule has 0 aliphatic heterocycles. The summed E-state index contributed by atoms with van der Waals surface area (Å²) in [6.45, 7) is 4.44. The van der Waals surface area contributed by atoms with Crippen molar-refractivity contribution in [2.24, 2.45) is 5.92 Å². The minimum Gasteiger partial charge on any atom is -0.467 e. The summed E-state index contributed by atoms with van der Waals surface area (Å²) in [5.74, 6) is -0.574. The average molecular weight is 342 g/mol. The van der Waals surface area contributed by atoms with E-state index in [4.69, 9.17) is 14.2 Å². The molecule has 132 valence electrons.